The Hall–Kier alpha value is -0.190. The minimum absolute atomic E-state index is 0.0255. The summed E-state index contributed by atoms with van der Waals surface area (Å²) in [4.78, 5) is 21.3. The third-order valence-corrected chi connectivity index (χ3v) is 1.50. The highest BCUT2D eigenvalue weighted by Crippen LogP contribution is 2.06. The van der Waals surface area contributed by atoms with Gasteiger partial charge in [0.25, 0.3) is 0 Å². The quantitative estimate of drug-likeness (QED) is 0.425. The number of rotatable bonds is 1. The van der Waals surface area contributed by atoms with E-state index in [1.54, 1.807) is 14.1 Å². The maximum Gasteiger partial charge on any atom is 0.305 e. The number of halogens is 3. The van der Waals surface area contributed by atoms with Gasteiger partial charge in [0.05, 0.1) is 6.61 Å². The maximum absolute atomic E-state index is 10.5. The molecule has 0 spiro atoms. The van der Waals surface area contributed by atoms with Crippen molar-refractivity contribution in [2.45, 2.75) is 30.0 Å². The number of alkyl halides is 3. The van der Waals surface area contributed by atoms with E-state index < -0.39 is 4.30 Å². The third-order valence-electron chi connectivity index (χ3n) is 1.50. The molecule has 1 saturated heterocycles. The first-order chi connectivity index (χ1) is 7.90. The third kappa shape index (κ3) is 25.8. The zero-order valence-electron chi connectivity index (χ0n) is 10.00. The van der Waals surface area contributed by atoms with Crippen LogP contribution in [0, 0.1) is 0 Å². The van der Waals surface area contributed by atoms with Crippen LogP contribution in [-0.2, 0) is 14.3 Å². The van der Waals surface area contributed by atoms with Gasteiger partial charge < -0.3 is 9.64 Å². The highest BCUT2D eigenvalue weighted by molar-refractivity contribution is 6.63. The van der Waals surface area contributed by atoms with E-state index in [2.05, 4.69) is 0 Å². The van der Waals surface area contributed by atoms with E-state index in [4.69, 9.17) is 39.5 Å². The molecular weight excluding hydrogens is 288 g/mol. The second kappa shape index (κ2) is 13.9. The Morgan fingerprint density at radius 2 is 1.71 bits per heavy atom. The highest BCUT2D eigenvalue weighted by atomic mass is 35.6. The summed E-state index contributed by atoms with van der Waals surface area (Å²) in [6.07, 6.45) is 4.58. The summed E-state index contributed by atoms with van der Waals surface area (Å²) in [5, 5.41) is 0. The lowest BCUT2D eigenvalue weighted by atomic mass is 10.2. The van der Waals surface area contributed by atoms with E-state index in [9.17, 15) is 9.59 Å². The summed E-state index contributed by atoms with van der Waals surface area (Å²) in [5.41, 5.74) is 0. The molecule has 4 nitrogen and oxygen atoms in total. The largest absolute Gasteiger partial charge is 0.466 e. The molecule has 1 amide bonds. The van der Waals surface area contributed by atoms with Crippen molar-refractivity contribution >= 4 is 47.2 Å². The lowest BCUT2D eigenvalue weighted by Crippen LogP contribution is -2.06. The summed E-state index contributed by atoms with van der Waals surface area (Å²) in [7, 11) is 3.38. The molecule has 1 aliphatic rings. The zero-order chi connectivity index (χ0) is 13.7. The Kier molecular flexibility index (Phi) is 15.6. The van der Waals surface area contributed by atoms with Gasteiger partial charge in [-0.1, -0.05) is 34.8 Å². The summed E-state index contributed by atoms with van der Waals surface area (Å²) in [6, 6.07) is 0. The monoisotopic (exact) mass is 305 g/mol. The first-order valence-corrected chi connectivity index (χ1v) is 6.40. The van der Waals surface area contributed by atoms with Crippen molar-refractivity contribution in [2.24, 2.45) is 0 Å². The fourth-order valence-corrected chi connectivity index (χ4v) is 0.806. The summed E-state index contributed by atoms with van der Waals surface area (Å²) < 4.78 is 4.01. The second-order valence-corrected chi connectivity index (χ2v) is 5.33. The minimum atomic E-state index is -0.750. The molecule has 0 aromatic carbocycles. The molecule has 0 saturated carbocycles. The molecule has 0 aromatic heterocycles. The number of esters is 1. The number of carbonyl (C=O) groups is 2. The van der Waals surface area contributed by atoms with Crippen LogP contribution in [0.3, 0.4) is 0 Å². The standard InChI is InChI=1S/C6H10O2.C3H7NO.CHCl3/c7-6-4-2-1-3-5-8-6;1-4(2)3-5;2-1(3)4/h1-5H2;3H,1-2H3;1H. The average molecular weight is 307 g/mol. The number of cyclic esters (lactones) is 1. The first-order valence-electron chi connectivity index (χ1n) is 5.09. The van der Waals surface area contributed by atoms with Gasteiger partial charge in [0.1, 0.15) is 0 Å². The number of hydrogen-bond acceptors (Lipinski definition) is 3. The molecule has 1 heterocycles. The SMILES string of the molecule is CN(C)C=O.ClC(Cl)Cl.O=C1CCCCCO1. The van der Waals surface area contributed by atoms with E-state index in [1.807, 2.05) is 0 Å². The second-order valence-electron chi connectivity index (χ2n) is 3.35. The van der Waals surface area contributed by atoms with E-state index in [0.717, 1.165) is 25.7 Å². The Morgan fingerprint density at radius 3 is 2.12 bits per heavy atom. The molecule has 0 N–H and O–H groups in total. The molecule has 1 rings (SSSR count). The average Bonchev–Trinajstić information content (AvgIpc) is 2.46. The molecule has 0 bridgehead atoms. The molecule has 0 aromatic rings. The van der Waals surface area contributed by atoms with E-state index in [0.29, 0.717) is 13.0 Å². The van der Waals surface area contributed by atoms with Crippen LogP contribution < -0.4 is 0 Å². The number of carbonyl (C=O) groups excluding carboxylic acids is 2. The predicted molar refractivity (Wildman–Crippen MR) is 70.5 cm³/mol. The predicted octanol–water partition coefficient (Wildman–Crippen LogP) is 2.79. The Morgan fingerprint density at radius 1 is 1.24 bits per heavy atom. The van der Waals surface area contributed by atoms with Gasteiger partial charge in [-0.25, -0.2) is 0 Å². The summed E-state index contributed by atoms with van der Waals surface area (Å²) >= 11 is 14.4. The van der Waals surface area contributed by atoms with E-state index >= 15 is 0 Å². The van der Waals surface area contributed by atoms with Crippen molar-refractivity contribution < 1.29 is 14.3 Å². The molecule has 102 valence electrons. The molecule has 7 heteroatoms. The van der Waals surface area contributed by atoms with Crippen molar-refractivity contribution in [3.8, 4) is 0 Å². The molecule has 0 aliphatic carbocycles. The van der Waals surface area contributed by atoms with E-state index in [1.165, 1.54) is 4.90 Å². The van der Waals surface area contributed by atoms with Crippen LogP contribution >= 0.6 is 34.8 Å². The molecule has 0 unspecified atom stereocenters. The van der Waals surface area contributed by atoms with Crippen molar-refractivity contribution in [2.75, 3.05) is 20.7 Å². The van der Waals surface area contributed by atoms with Crippen LogP contribution in [0.25, 0.3) is 0 Å². The Labute approximate surface area is 117 Å². The number of hydrogen-bond donors (Lipinski definition) is 0. The van der Waals surface area contributed by atoms with Gasteiger partial charge >= 0.3 is 5.97 Å². The van der Waals surface area contributed by atoms with Crippen LogP contribution in [0.4, 0.5) is 0 Å². The van der Waals surface area contributed by atoms with Crippen molar-refractivity contribution in [1.29, 1.82) is 0 Å². The number of nitrogens with zero attached hydrogens (tertiary/aromatic N) is 1. The lowest BCUT2D eigenvalue weighted by Gasteiger charge is -1.93. The Balaban J connectivity index is 0. The van der Waals surface area contributed by atoms with Gasteiger partial charge in [-0.05, 0) is 19.3 Å². The molecular formula is C10H18Cl3NO3. The summed E-state index contributed by atoms with van der Waals surface area (Å²) in [5.74, 6) is -0.0255. The van der Waals surface area contributed by atoms with Gasteiger partial charge in [0.2, 0.25) is 6.41 Å². The smallest absolute Gasteiger partial charge is 0.305 e. The van der Waals surface area contributed by atoms with Crippen LogP contribution in [0.1, 0.15) is 25.7 Å². The number of ether oxygens (including phenoxy) is 1. The van der Waals surface area contributed by atoms with Gasteiger partial charge in [-0.15, -0.1) is 0 Å². The van der Waals surface area contributed by atoms with Crippen LogP contribution in [0.15, 0.2) is 0 Å². The number of amides is 1. The molecule has 1 aliphatic heterocycles. The van der Waals surface area contributed by atoms with Crippen LogP contribution in [0.2, 0.25) is 0 Å². The fraction of sp³-hybridized carbons (Fsp3) is 0.800. The first kappa shape index (κ1) is 19.2. The van der Waals surface area contributed by atoms with Gasteiger partial charge in [0.15, 0.2) is 4.30 Å². The zero-order valence-corrected chi connectivity index (χ0v) is 12.3. The normalized spacial score (nSPS) is 14.4. The molecule has 17 heavy (non-hydrogen) atoms. The van der Waals surface area contributed by atoms with Crippen LogP contribution in [-0.4, -0.2) is 42.3 Å². The van der Waals surface area contributed by atoms with Crippen molar-refractivity contribution in [3.05, 3.63) is 0 Å². The molecule has 0 radical (unpaired) electrons. The fourth-order valence-electron chi connectivity index (χ4n) is 0.806. The van der Waals surface area contributed by atoms with Crippen LogP contribution in [0.5, 0.6) is 0 Å². The maximum atomic E-state index is 10.5. The van der Waals surface area contributed by atoms with Gasteiger partial charge in [0, 0.05) is 20.5 Å². The Bertz CT molecular complexity index is 188. The van der Waals surface area contributed by atoms with Crippen molar-refractivity contribution in [1.82, 2.24) is 4.90 Å². The summed E-state index contributed by atoms with van der Waals surface area (Å²) in [6.45, 7) is 0.638. The van der Waals surface area contributed by atoms with Crippen molar-refractivity contribution in [3.63, 3.8) is 0 Å². The highest BCUT2D eigenvalue weighted by Gasteiger charge is 2.05. The van der Waals surface area contributed by atoms with Gasteiger partial charge in [-0.2, -0.15) is 0 Å². The lowest BCUT2D eigenvalue weighted by molar-refractivity contribution is -0.142. The molecule has 0 atom stereocenters. The van der Waals surface area contributed by atoms with E-state index in [-0.39, 0.29) is 5.97 Å². The minimum Gasteiger partial charge on any atom is -0.466 e. The van der Waals surface area contributed by atoms with Gasteiger partial charge in [-0.3, -0.25) is 9.59 Å². The molecule has 1 fully saturated rings. The topological polar surface area (TPSA) is 46.6 Å².